The Morgan fingerprint density at radius 1 is 1.13 bits per heavy atom. The second-order valence-electron chi connectivity index (χ2n) is 7.18. The van der Waals surface area contributed by atoms with Gasteiger partial charge in [0, 0.05) is 25.9 Å². The van der Waals surface area contributed by atoms with Crippen LogP contribution in [-0.2, 0) is 25.6 Å². The van der Waals surface area contributed by atoms with E-state index in [1.54, 1.807) is 0 Å². The van der Waals surface area contributed by atoms with Crippen LogP contribution in [0.2, 0.25) is 0 Å². The summed E-state index contributed by atoms with van der Waals surface area (Å²) in [6.45, 7) is 0.840. The van der Waals surface area contributed by atoms with Gasteiger partial charge in [-0.1, -0.05) is 17.7 Å². The highest BCUT2D eigenvalue weighted by atomic mass is 19.4. The molecule has 3 aromatic rings. The Morgan fingerprint density at radius 3 is 2.74 bits per heavy atom. The minimum Gasteiger partial charge on any atom is -0.350 e. The van der Waals surface area contributed by atoms with Crippen molar-refractivity contribution in [2.75, 3.05) is 6.54 Å². The normalized spacial score (nSPS) is 14.2. The zero-order valence-corrected chi connectivity index (χ0v) is 16.4. The SMILES string of the molecule is O=C(NCCc1nnc2n1CCCCC2)c1nnn(-c2cccc(F)c2)c1C(F)(F)F. The van der Waals surface area contributed by atoms with Crippen molar-refractivity contribution in [1.29, 1.82) is 0 Å². The van der Waals surface area contributed by atoms with Crippen LogP contribution in [0.5, 0.6) is 0 Å². The van der Waals surface area contributed by atoms with Crippen LogP contribution in [-0.4, -0.2) is 42.2 Å². The molecule has 1 aliphatic rings. The Labute approximate surface area is 174 Å². The van der Waals surface area contributed by atoms with E-state index in [4.69, 9.17) is 0 Å². The Hall–Kier alpha value is -3.31. The molecular formula is C19H19F4N7O. The number of hydrogen-bond donors (Lipinski definition) is 1. The molecule has 0 bridgehead atoms. The van der Waals surface area contributed by atoms with Crippen LogP contribution in [0.1, 0.15) is 47.1 Å². The minimum absolute atomic E-state index is 0.0566. The molecule has 0 atom stereocenters. The van der Waals surface area contributed by atoms with Crippen molar-refractivity contribution in [3.63, 3.8) is 0 Å². The van der Waals surface area contributed by atoms with Crippen molar-refractivity contribution in [3.05, 3.63) is 53.1 Å². The number of hydrogen-bond acceptors (Lipinski definition) is 5. The van der Waals surface area contributed by atoms with Crippen molar-refractivity contribution in [3.8, 4) is 5.69 Å². The lowest BCUT2D eigenvalue weighted by molar-refractivity contribution is -0.143. The number of carbonyl (C=O) groups excluding carboxylic acids is 1. The van der Waals surface area contributed by atoms with Gasteiger partial charge in [-0.2, -0.15) is 13.2 Å². The number of alkyl halides is 3. The Kier molecular flexibility index (Phi) is 5.70. The zero-order chi connectivity index (χ0) is 22.0. The molecular weight excluding hydrogens is 418 g/mol. The summed E-state index contributed by atoms with van der Waals surface area (Å²) < 4.78 is 56.9. The average Bonchev–Trinajstić information content (AvgIpc) is 3.26. The highest BCUT2D eigenvalue weighted by Gasteiger charge is 2.42. The van der Waals surface area contributed by atoms with Crippen LogP contribution < -0.4 is 5.32 Å². The van der Waals surface area contributed by atoms with E-state index in [2.05, 4.69) is 25.8 Å². The second kappa shape index (κ2) is 8.44. The van der Waals surface area contributed by atoms with Gasteiger partial charge < -0.3 is 9.88 Å². The highest BCUT2D eigenvalue weighted by molar-refractivity contribution is 5.93. The van der Waals surface area contributed by atoms with Gasteiger partial charge in [0.2, 0.25) is 0 Å². The van der Waals surface area contributed by atoms with Gasteiger partial charge >= 0.3 is 6.18 Å². The lowest BCUT2D eigenvalue weighted by Crippen LogP contribution is -2.29. The number of nitrogens with one attached hydrogen (secondary N) is 1. The van der Waals surface area contributed by atoms with Crippen LogP contribution in [0.3, 0.4) is 0 Å². The number of nitrogens with zero attached hydrogens (tertiary/aromatic N) is 6. The zero-order valence-electron chi connectivity index (χ0n) is 16.4. The van der Waals surface area contributed by atoms with Crippen molar-refractivity contribution in [2.45, 2.75) is 44.8 Å². The molecule has 3 heterocycles. The van der Waals surface area contributed by atoms with Crippen molar-refractivity contribution < 1.29 is 22.4 Å². The molecule has 0 unspecified atom stereocenters. The van der Waals surface area contributed by atoms with Crippen LogP contribution in [0, 0.1) is 5.82 Å². The summed E-state index contributed by atoms with van der Waals surface area (Å²) >= 11 is 0. The lowest BCUT2D eigenvalue weighted by atomic mass is 10.2. The topological polar surface area (TPSA) is 90.5 Å². The van der Waals surface area contributed by atoms with E-state index >= 15 is 0 Å². The molecule has 1 N–H and O–H groups in total. The standard InChI is InChI=1S/C19H19F4N7O/c20-12-5-4-6-13(11-12)30-17(19(21,22)23)16(27-28-30)18(31)24-9-8-15-26-25-14-7-2-1-3-10-29(14)15/h4-6,11H,1-3,7-10H2,(H,24,31). The second-order valence-corrected chi connectivity index (χ2v) is 7.18. The molecule has 0 spiro atoms. The van der Waals surface area contributed by atoms with Gasteiger partial charge in [-0.15, -0.1) is 15.3 Å². The minimum atomic E-state index is -4.92. The molecule has 1 amide bonds. The van der Waals surface area contributed by atoms with E-state index in [0.717, 1.165) is 50.2 Å². The van der Waals surface area contributed by atoms with Gasteiger partial charge in [0.25, 0.3) is 5.91 Å². The van der Waals surface area contributed by atoms with E-state index < -0.39 is 29.3 Å². The molecule has 0 saturated heterocycles. The maximum Gasteiger partial charge on any atom is 0.435 e. The smallest absolute Gasteiger partial charge is 0.350 e. The summed E-state index contributed by atoms with van der Waals surface area (Å²) in [5, 5.41) is 17.6. The molecule has 31 heavy (non-hydrogen) atoms. The third-order valence-electron chi connectivity index (χ3n) is 5.03. The van der Waals surface area contributed by atoms with Crippen molar-refractivity contribution in [1.82, 2.24) is 35.1 Å². The molecule has 12 heteroatoms. The first kappa shape index (κ1) is 20.9. The molecule has 0 fully saturated rings. The molecule has 0 saturated carbocycles. The maximum absolute atomic E-state index is 13.7. The average molecular weight is 437 g/mol. The predicted octanol–water partition coefficient (Wildman–Crippen LogP) is 2.72. The third kappa shape index (κ3) is 4.42. The Bertz CT molecular complexity index is 1090. The number of amides is 1. The van der Waals surface area contributed by atoms with E-state index in [9.17, 15) is 22.4 Å². The summed E-state index contributed by atoms with van der Waals surface area (Å²) in [4.78, 5) is 12.5. The molecule has 1 aromatic carbocycles. The summed E-state index contributed by atoms with van der Waals surface area (Å²) in [6.07, 6.45) is -0.637. The molecule has 0 aliphatic carbocycles. The fourth-order valence-corrected chi connectivity index (χ4v) is 3.58. The predicted molar refractivity (Wildman–Crippen MR) is 99.9 cm³/mol. The van der Waals surface area contributed by atoms with Gasteiger partial charge in [-0.05, 0) is 31.0 Å². The summed E-state index contributed by atoms with van der Waals surface area (Å²) in [5.41, 5.74) is -2.44. The van der Waals surface area contributed by atoms with Gasteiger partial charge in [-0.25, -0.2) is 9.07 Å². The first-order valence-electron chi connectivity index (χ1n) is 9.82. The quantitative estimate of drug-likeness (QED) is 0.620. The van der Waals surface area contributed by atoms with E-state index in [1.165, 1.54) is 12.1 Å². The van der Waals surface area contributed by atoms with Crippen LogP contribution >= 0.6 is 0 Å². The highest BCUT2D eigenvalue weighted by Crippen LogP contribution is 2.32. The molecule has 8 nitrogen and oxygen atoms in total. The molecule has 1 aliphatic heterocycles. The first-order chi connectivity index (χ1) is 14.8. The van der Waals surface area contributed by atoms with Gasteiger partial charge in [0.05, 0.1) is 5.69 Å². The summed E-state index contributed by atoms with van der Waals surface area (Å²) in [7, 11) is 0. The third-order valence-corrected chi connectivity index (χ3v) is 5.03. The number of rotatable bonds is 5. The Balaban J connectivity index is 1.51. The van der Waals surface area contributed by atoms with Gasteiger partial charge in [0.15, 0.2) is 11.4 Å². The lowest BCUT2D eigenvalue weighted by Gasteiger charge is -2.11. The largest absolute Gasteiger partial charge is 0.435 e. The molecule has 4 rings (SSSR count). The van der Waals surface area contributed by atoms with E-state index in [-0.39, 0.29) is 12.2 Å². The van der Waals surface area contributed by atoms with E-state index in [0.29, 0.717) is 16.9 Å². The fraction of sp³-hybridized carbons (Fsp3) is 0.421. The number of aromatic nitrogens is 6. The van der Waals surface area contributed by atoms with Crippen molar-refractivity contribution >= 4 is 5.91 Å². The van der Waals surface area contributed by atoms with Crippen LogP contribution in [0.4, 0.5) is 17.6 Å². The molecule has 164 valence electrons. The number of fused-ring (bicyclic) bond motifs is 1. The summed E-state index contributed by atoms with van der Waals surface area (Å²) in [6, 6.07) is 4.45. The number of benzene rings is 1. The van der Waals surface area contributed by atoms with Gasteiger partial charge in [0.1, 0.15) is 17.5 Å². The summed E-state index contributed by atoms with van der Waals surface area (Å²) in [5.74, 6) is -0.196. The van der Waals surface area contributed by atoms with Crippen LogP contribution in [0.15, 0.2) is 24.3 Å². The monoisotopic (exact) mass is 437 g/mol. The van der Waals surface area contributed by atoms with Crippen LogP contribution in [0.25, 0.3) is 5.69 Å². The molecule has 0 radical (unpaired) electrons. The number of carbonyl (C=O) groups is 1. The maximum atomic E-state index is 13.7. The van der Waals surface area contributed by atoms with Crippen molar-refractivity contribution in [2.24, 2.45) is 0 Å². The van der Waals surface area contributed by atoms with Gasteiger partial charge in [-0.3, -0.25) is 4.79 Å². The molecule has 2 aromatic heterocycles. The number of aryl methyl sites for hydroxylation is 1. The van der Waals surface area contributed by atoms with E-state index in [1.807, 2.05) is 4.57 Å². The first-order valence-corrected chi connectivity index (χ1v) is 9.82. The fourth-order valence-electron chi connectivity index (χ4n) is 3.58. The Morgan fingerprint density at radius 2 is 1.97 bits per heavy atom. The number of halogens is 4.